The van der Waals surface area contributed by atoms with Crippen LogP contribution in [-0.4, -0.2) is 86.6 Å². The van der Waals surface area contributed by atoms with Gasteiger partial charge in [-0.15, -0.1) is 24.0 Å². The van der Waals surface area contributed by atoms with Gasteiger partial charge in [-0.2, -0.15) is 0 Å². The number of nitrogens with one attached hydrogen (secondary N) is 1. The van der Waals surface area contributed by atoms with Gasteiger partial charge in [0.05, 0.1) is 0 Å². The van der Waals surface area contributed by atoms with E-state index < -0.39 is 0 Å². The highest BCUT2D eigenvalue weighted by molar-refractivity contribution is 14.0. The summed E-state index contributed by atoms with van der Waals surface area (Å²) in [5.74, 6) is 1.86. The second kappa shape index (κ2) is 9.22. The lowest BCUT2D eigenvalue weighted by atomic mass is 9.99. The smallest absolute Gasteiger partial charge is 0.193 e. The number of hydrogen-bond donors (Lipinski definition) is 1. The quantitative estimate of drug-likeness (QED) is 0.317. The van der Waals surface area contributed by atoms with E-state index in [1.54, 1.807) is 0 Å². The van der Waals surface area contributed by atoms with E-state index in [1.807, 2.05) is 7.05 Å². The third-order valence-electron chi connectivity index (χ3n) is 5.31. The van der Waals surface area contributed by atoms with Gasteiger partial charge in [0.2, 0.25) is 0 Å². The molecule has 0 saturated carbocycles. The molecular weight excluding hydrogens is 401 g/mol. The Labute approximate surface area is 158 Å². The second-order valence-electron chi connectivity index (χ2n) is 7.01. The van der Waals surface area contributed by atoms with E-state index in [2.05, 4.69) is 44.2 Å². The average Bonchev–Trinajstić information content (AvgIpc) is 3.19. The fourth-order valence-corrected chi connectivity index (χ4v) is 4.03. The minimum Gasteiger partial charge on any atom is -0.356 e. The zero-order valence-corrected chi connectivity index (χ0v) is 16.9. The van der Waals surface area contributed by atoms with Gasteiger partial charge >= 0.3 is 0 Å². The molecule has 2 fully saturated rings. The predicted octanol–water partition coefficient (Wildman–Crippen LogP) is 1.47. The van der Waals surface area contributed by atoms with Crippen LogP contribution in [0.4, 0.5) is 0 Å². The first kappa shape index (κ1) is 19.0. The van der Waals surface area contributed by atoms with E-state index in [9.17, 15) is 0 Å². The van der Waals surface area contributed by atoms with E-state index >= 15 is 0 Å². The molecule has 0 aromatic rings. The van der Waals surface area contributed by atoms with Crippen molar-refractivity contribution in [2.75, 3.05) is 59.9 Å². The Morgan fingerprint density at radius 2 is 1.96 bits per heavy atom. The first-order valence-electron chi connectivity index (χ1n) is 8.79. The number of piperidine rings is 1. The molecule has 1 N–H and O–H groups in total. The highest BCUT2D eigenvalue weighted by Crippen LogP contribution is 2.18. The number of rotatable bonds is 3. The van der Waals surface area contributed by atoms with Gasteiger partial charge in [0.25, 0.3) is 0 Å². The van der Waals surface area contributed by atoms with Crippen molar-refractivity contribution in [2.24, 2.45) is 10.9 Å². The highest BCUT2D eigenvalue weighted by Gasteiger charge is 2.29. The van der Waals surface area contributed by atoms with Crippen LogP contribution in [0, 0.1) is 5.92 Å². The van der Waals surface area contributed by atoms with Gasteiger partial charge in [0.1, 0.15) is 0 Å². The summed E-state index contributed by atoms with van der Waals surface area (Å²) in [6, 6.07) is 0.689. The van der Waals surface area contributed by atoms with Gasteiger partial charge in [-0.25, -0.2) is 0 Å². The summed E-state index contributed by atoms with van der Waals surface area (Å²) in [6.45, 7) is 8.02. The standard InChI is InChI=1S/C17H31N5.HI/c1-18-17(19-12-15-6-5-8-20(2)13-15)22-11-7-16(14-22)21-9-3-4-10-21;/h3-4,15-16H,5-14H2,1-2H3,(H,18,19);1H. The van der Waals surface area contributed by atoms with Crippen molar-refractivity contribution in [3.63, 3.8) is 0 Å². The molecule has 23 heavy (non-hydrogen) atoms. The molecule has 0 bridgehead atoms. The zero-order valence-electron chi connectivity index (χ0n) is 14.6. The van der Waals surface area contributed by atoms with Gasteiger partial charge < -0.3 is 15.1 Å². The Hall–Kier alpha value is -0.340. The number of likely N-dealkylation sites (tertiary alicyclic amines) is 2. The van der Waals surface area contributed by atoms with E-state index in [1.165, 1.54) is 32.4 Å². The summed E-state index contributed by atoms with van der Waals surface area (Å²) >= 11 is 0. The van der Waals surface area contributed by atoms with Crippen LogP contribution >= 0.6 is 24.0 Å². The van der Waals surface area contributed by atoms with Gasteiger partial charge in [0, 0.05) is 52.4 Å². The van der Waals surface area contributed by atoms with Crippen LogP contribution in [-0.2, 0) is 0 Å². The van der Waals surface area contributed by atoms with Crippen LogP contribution in [0.2, 0.25) is 0 Å². The first-order valence-corrected chi connectivity index (χ1v) is 8.79. The number of hydrogen-bond acceptors (Lipinski definition) is 3. The first-order chi connectivity index (χ1) is 10.8. The van der Waals surface area contributed by atoms with Gasteiger partial charge in [-0.05, 0) is 38.8 Å². The van der Waals surface area contributed by atoms with E-state index in [0.717, 1.165) is 44.6 Å². The van der Waals surface area contributed by atoms with Crippen molar-refractivity contribution in [1.82, 2.24) is 20.0 Å². The van der Waals surface area contributed by atoms with Crippen molar-refractivity contribution in [1.29, 1.82) is 0 Å². The fraction of sp³-hybridized carbons (Fsp3) is 0.824. The molecule has 3 aliphatic heterocycles. The molecule has 2 saturated heterocycles. The largest absolute Gasteiger partial charge is 0.356 e. The molecule has 0 aliphatic carbocycles. The van der Waals surface area contributed by atoms with Crippen molar-refractivity contribution in [3.05, 3.63) is 12.2 Å². The number of aliphatic imine (C=N–C) groups is 1. The summed E-state index contributed by atoms with van der Waals surface area (Å²) < 4.78 is 0. The predicted molar refractivity (Wildman–Crippen MR) is 108 cm³/mol. The van der Waals surface area contributed by atoms with E-state index in [-0.39, 0.29) is 24.0 Å². The van der Waals surface area contributed by atoms with Crippen LogP contribution in [0.1, 0.15) is 19.3 Å². The average molecular weight is 433 g/mol. The summed E-state index contributed by atoms with van der Waals surface area (Å²) in [5.41, 5.74) is 0. The zero-order chi connectivity index (χ0) is 15.4. The Bertz CT molecular complexity index is 417. The van der Waals surface area contributed by atoms with Crippen molar-refractivity contribution >= 4 is 29.9 Å². The maximum Gasteiger partial charge on any atom is 0.193 e. The minimum atomic E-state index is 0. The molecule has 2 unspecified atom stereocenters. The molecule has 0 radical (unpaired) electrons. The Balaban J connectivity index is 0.00000192. The van der Waals surface area contributed by atoms with E-state index in [0.29, 0.717) is 6.04 Å². The molecule has 0 aromatic carbocycles. The molecule has 0 aromatic heterocycles. The maximum atomic E-state index is 4.52. The Morgan fingerprint density at radius 3 is 2.65 bits per heavy atom. The third kappa shape index (κ3) is 5.06. The summed E-state index contributed by atoms with van der Waals surface area (Å²) in [4.78, 5) is 12.0. The normalized spacial score (nSPS) is 29.8. The lowest BCUT2D eigenvalue weighted by Crippen LogP contribution is -2.46. The fourth-order valence-electron chi connectivity index (χ4n) is 4.03. The van der Waals surface area contributed by atoms with E-state index in [4.69, 9.17) is 0 Å². The number of halogens is 1. The topological polar surface area (TPSA) is 34.1 Å². The van der Waals surface area contributed by atoms with Crippen LogP contribution in [0.3, 0.4) is 0 Å². The number of guanidine groups is 1. The molecule has 5 nitrogen and oxygen atoms in total. The van der Waals surface area contributed by atoms with Crippen molar-refractivity contribution in [3.8, 4) is 0 Å². The molecule has 3 aliphatic rings. The molecule has 132 valence electrons. The monoisotopic (exact) mass is 433 g/mol. The minimum absolute atomic E-state index is 0. The third-order valence-corrected chi connectivity index (χ3v) is 5.31. The second-order valence-corrected chi connectivity index (χ2v) is 7.01. The van der Waals surface area contributed by atoms with Crippen molar-refractivity contribution < 1.29 is 0 Å². The molecule has 3 heterocycles. The van der Waals surface area contributed by atoms with Crippen LogP contribution in [0.25, 0.3) is 0 Å². The van der Waals surface area contributed by atoms with Gasteiger partial charge in [-0.3, -0.25) is 9.89 Å². The summed E-state index contributed by atoms with van der Waals surface area (Å²) in [6.07, 6.45) is 8.50. The maximum absolute atomic E-state index is 4.52. The Morgan fingerprint density at radius 1 is 1.17 bits per heavy atom. The lowest BCUT2D eigenvalue weighted by Gasteiger charge is -2.31. The van der Waals surface area contributed by atoms with Gasteiger partial charge in [-0.1, -0.05) is 12.2 Å². The molecular formula is C17H32IN5. The van der Waals surface area contributed by atoms with Crippen LogP contribution < -0.4 is 5.32 Å². The molecule has 6 heteroatoms. The summed E-state index contributed by atoms with van der Waals surface area (Å²) in [7, 11) is 4.15. The van der Waals surface area contributed by atoms with Gasteiger partial charge in [0.15, 0.2) is 5.96 Å². The lowest BCUT2D eigenvalue weighted by molar-refractivity contribution is 0.209. The number of nitrogens with zero attached hydrogens (tertiary/aromatic N) is 4. The van der Waals surface area contributed by atoms with Crippen LogP contribution in [0.15, 0.2) is 17.1 Å². The highest BCUT2D eigenvalue weighted by atomic mass is 127. The SMILES string of the molecule is CN=C(NCC1CCCN(C)C1)N1CCC(N2CC=CC2)C1.I. The molecule has 2 atom stereocenters. The van der Waals surface area contributed by atoms with Crippen LogP contribution in [0.5, 0.6) is 0 Å². The molecule has 0 spiro atoms. The molecule has 3 rings (SSSR count). The van der Waals surface area contributed by atoms with Crippen molar-refractivity contribution in [2.45, 2.75) is 25.3 Å². The summed E-state index contributed by atoms with van der Waals surface area (Å²) in [5, 5.41) is 3.63. The molecule has 0 amide bonds. The Kier molecular flexibility index (Phi) is 7.62.